The summed E-state index contributed by atoms with van der Waals surface area (Å²) < 4.78 is 10.1. The van der Waals surface area contributed by atoms with E-state index in [4.69, 9.17) is 4.74 Å². The third kappa shape index (κ3) is 4.66. The number of hydrogen-bond acceptors (Lipinski definition) is 5. The number of ether oxygens (including phenoxy) is 2. The Bertz CT molecular complexity index is 852. The minimum atomic E-state index is -0.439. The topological polar surface area (TPSA) is 69.7 Å². The monoisotopic (exact) mass is 380 g/mol. The van der Waals surface area contributed by atoms with E-state index in [1.165, 1.54) is 7.11 Å². The molecule has 0 aliphatic heterocycles. The zero-order valence-electron chi connectivity index (χ0n) is 16.1. The summed E-state index contributed by atoms with van der Waals surface area (Å²) in [6.07, 6.45) is 3.43. The lowest BCUT2D eigenvalue weighted by Crippen LogP contribution is -2.16. The fourth-order valence-electron chi connectivity index (χ4n) is 3.45. The molecule has 1 aliphatic rings. The van der Waals surface area contributed by atoms with E-state index >= 15 is 0 Å². The Labute approximate surface area is 164 Å². The van der Waals surface area contributed by atoms with Gasteiger partial charge in [0.05, 0.1) is 18.6 Å². The summed E-state index contributed by atoms with van der Waals surface area (Å²) >= 11 is 0. The Morgan fingerprint density at radius 2 is 1.75 bits per heavy atom. The van der Waals surface area contributed by atoms with Gasteiger partial charge in [0.1, 0.15) is 11.5 Å². The number of rotatable bonds is 6. The number of benzene rings is 2. The predicted molar refractivity (Wildman–Crippen MR) is 104 cm³/mol. The van der Waals surface area contributed by atoms with E-state index in [9.17, 15) is 14.4 Å². The number of esters is 2. The van der Waals surface area contributed by atoms with Crippen LogP contribution >= 0.6 is 0 Å². The highest BCUT2D eigenvalue weighted by Crippen LogP contribution is 2.26. The normalized spacial score (nSPS) is 17.2. The molecule has 2 atom stereocenters. The van der Waals surface area contributed by atoms with Crippen molar-refractivity contribution in [2.75, 3.05) is 7.11 Å². The zero-order chi connectivity index (χ0) is 20.1. The third-order valence-electron chi connectivity index (χ3n) is 5.24. The number of Topliss-reactive ketones (excluding diaryl/α,β-unsaturated/α-hetero) is 1. The molecule has 0 N–H and O–H groups in total. The first-order valence-electron chi connectivity index (χ1n) is 9.49. The molecule has 1 fully saturated rings. The van der Waals surface area contributed by atoms with E-state index in [1.807, 2.05) is 24.3 Å². The van der Waals surface area contributed by atoms with Crippen LogP contribution in [0.15, 0.2) is 48.5 Å². The van der Waals surface area contributed by atoms with E-state index < -0.39 is 11.9 Å². The largest absolute Gasteiger partial charge is 0.465 e. The van der Waals surface area contributed by atoms with Gasteiger partial charge in [0, 0.05) is 12.3 Å². The summed E-state index contributed by atoms with van der Waals surface area (Å²) in [5.41, 5.74) is 2.37. The van der Waals surface area contributed by atoms with Crippen molar-refractivity contribution in [1.29, 1.82) is 0 Å². The predicted octanol–water partition coefficient (Wildman–Crippen LogP) is 4.09. The van der Waals surface area contributed by atoms with Gasteiger partial charge in [-0.1, -0.05) is 24.3 Å². The van der Waals surface area contributed by atoms with Gasteiger partial charge in [-0.2, -0.15) is 0 Å². The standard InChI is InChI=1S/C23H24O5/c1-15(22(25)28-20-12-10-18(11-13-20)23(26)27-2)17-8-6-16(7-9-17)14-19-4-3-5-21(19)24/h6-13,15,19H,3-5,14H2,1-2H3. The van der Waals surface area contributed by atoms with Gasteiger partial charge in [-0.25, -0.2) is 4.79 Å². The Balaban J connectivity index is 1.59. The molecule has 5 nitrogen and oxygen atoms in total. The number of ketones is 1. The Morgan fingerprint density at radius 3 is 2.32 bits per heavy atom. The van der Waals surface area contributed by atoms with Gasteiger partial charge in [-0.15, -0.1) is 0 Å². The number of methoxy groups -OCH3 is 1. The first-order valence-corrected chi connectivity index (χ1v) is 9.49. The van der Waals surface area contributed by atoms with Crippen molar-refractivity contribution in [3.05, 3.63) is 65.2 Å². The first kappa shape index (κ1) is 19.8. The molecule has 3 rings (SSSR count). The summed E-state index contributed by atoms with van der Waals surface area (Å²) in [7, 11) is 1.31. The van der Waals surface area contributed by atoms with Gasteiger partial charge in [0.2, 0.25) is 0 Å². The van der Waals surface area contributed by atoms with Crippen LogP contribution in [0.1, 0.15) is 53.6 Å². The van der Waals surface area contributed by atoms with Gasteiger partial charge in [0.15, 0.2) is 0 Å². The van der Waals surface area contributed by atoms with Crippen LogP contribution in [-0.4, -0.2) is 24.8 Å². The zero-order valence-corrected chi connectivity index (χ0v) is 16.1. The molecule has 0 amide bonds. The van der Waals surface area contributed by atoms with Crippen LogP contribution in [-0.2, 0) is 20.7 Å². The van der Waals surface area contributed by atoms with E-state index in [0.29, 0.717) is 23.5 Å². The number of hydrogen-bond donors (Lipinski definition) is 0. The second-order valence-electron chi connectivity index (χ2n) is 7.16. The number of carbonyl (C=O) groups excluding carboxylic acids is 3. The molecule has 0 radical (unpaired) electrons. The van der Waals surface area contributed by atoms with Crippen molar-refractivity contribution in [3.8, 4) is 5.75 Å². The molecule has 0 heterocycles. The Morgan fingerprint density at radius 1 is 1.07 bits per heavy atom. The van der Waals surface area contributed by atoms with Crippen LogP contribution in [0.4, 0.5) is 0 Å². The van der Waals surface area contributed by atoms with E-state index in [1.54, 1.807) is 31.2 Å². The van der Waals surface area contributed by atoms with Gasteiger partial charge < -0.3 is 9.47 Å². The highest BCUT2D eigenvalue weighted by atomic mass is 16.5. The third-order valence-corrected chi connectivity index (χ3v) is 5.24. The molecule has 28 heavy (non-hydrogen) atoms. The maximum atomic E-state index is 12.4. The SMILES string of the molecule is COC(=O)c1ccc(OC(=O)C(C)c2ccc(CC3CCCC3=O)cc2)cc1. The lowest BCUT2D eigenvalue weighted by atomic mass is 9.94. The molecular formula is C23H24O5. The van der Waals surface area contributed by atoms with E-state index in [2.05, 4.69) is 4.74 Å². The summed E-state index contributed by atoms with van der Waals surface area (Å²) in [5.74, 6) is -0.362. The molecule has 2 unspecified atom stereocenters. The molecule has 1 aliphatic carbocycles. The molecule has 0 bridgehead atoms. The summed E-state index contributed by atoms with van der Waals surface area (Å²) in [6, 6.07) is 14.0. The quantitative estimate of drug-likeness (QED) is 0.558. The molecule has 146 valence electrons. The molecular weight excluding hydrogens is 356 g/mol. The van der Waals surface area contributed by atoms with Crippen molar-refractivity contribution in [2.45, 2.75) is 38.5 Å². The first-order chi connectivity index (χ1) is 13.5. The van der Waals surface area contributed by atoms with Crippen LogP contribution in [0.25, 0.3) is 0 Å². The van der Waals surface area contributed by atoms with Crippen molar-refractivity contribution in [3.63, 3.8) is 0 Å². The van der Waals surface area contributed by atoms with Gasteiger partial charge >= 0.3 is 11.9 Å². The summed E-state index contributed by atoms with van der Waals surface area (Å²) in [4.78, 5) is 35.7. The van der Waals surface area contributed by atoms with Crippen molar-refractivity contribution in [2.24, 2.45) is 5.92 Å². The highest BCUT2D eigenvalue weighted by molar-refractivity contribution is 5.89. The van der Waals surface area contributed by atoms with Crippen LogP contribution < -0.4 is 4.74 Å². The molecule has 0 aromatic heterocycles. The maximum Gasteiger partial charge on any atom is 0.337 e. The minimum absolute atomic E-state index is 0.140. The smallest absolute Gasteiger partial charge is 0.337 e. The van der Waals surface area contributed by atoms with Crippen molar-refractivity contribution in [1.82, 2.24) is 0 Å². The maximum absolute atomic E-state index is 12.4. The Hall–Kier alpha value is -2.95. The average molecular weight is 380 g/mol. The van der Waals surface area contributed by atoms with Gasteiger partial charge in [-0.05, 0) is 61.6 Å². The van der Waals surface area contributed by atoms with Crippen LogP contribution in [0.3, 0.4) is 0 Å². The fraction of sp³-hybridized carbons (Fsp3) is 0.348. The molecule has 0 spiro atoms. The van der Waals surface area contributed by atoms with E-state index in [-0.39, 0.29) is 11.9 Å². The molecule has 1 saturated carbocycles. The summed E-state index contributed by atoms with van der Waals surface area (Å²) in [5, 5.41) is 0. The second-order valence-corrected chi connectivity index (χ2v) is 7.16. The highest BCUT2D eigenvalue weighted by Gasteiger charge is 2.24. The number of carbonyl (C=O) groups is 3. The molecule has 2 aromatic rings. The van der Waals surface area contributed by atoms with Gasteiger partial charge in [0.25, 0.3) is 0 Å². The summed E-state index contributed by atoms with van der Waals surface area (Å²) in [6.45, 7) is 1.79. The second kappa shape index (κ2) is 8.83. The van der Waals surface area contributed by atoms with Crippen LogP contribution in [0.5, 0.6) is 5.75 Å². The van der Waals surface area contributed by atoms with Crippen LogP contribution in [0.2, 0.25) is 0 Å². The molecule has 2 aromatic carbocycles. The molecule has 5 heteroatoms. The lowest BCUT2D eigenvalue weighted by Gasteiger charge is -2.13. The van der Waals surface area contributed by atoms with E-state index in [0.717, 1.165) is 30.4 Å². The lowest BCUT2D eigenvalue weighted by molar-refractivity contribution is -0.135. The van der Waals surface area contributed by atoms with Crippen molar-refractivity contribution >= 4 is 17.7 Å². The van der Waals surface area contributed by atoms with Gasteiger partial charge in [-0.3, -0.25) is 9.59 Å². The van der Waals surface area contributed by atoms with Crippen molar-refractivity contribution < 1.29 is 23.9 Å². The minimum Gasteiger partial charge on any atom is -0.465 e. The molecule has 0 saturated heterocycles. The average Bonchev–Trinajstić information content (AvgIpc) is 3.12. The fourth-order valence-corrected chi connectivity index (χ4v) is 3.45. The van der Waals surface area contributed by atoms with Crippen LogP contribution in [0, 0.1) is 5.92 Å². The Kier molecular flexibility index (Phi) is 6.24.